The number of nitrogens with zero attached hydrogens (tertiary/aromatic N) is 3. The van der Waals surface area contributed by atoms with Crippen molar-refractivity contribution in [2.24, 2.45) is 11.0 Å². The highest BCUT2D eigenvalue weighted by Crippen LogP contribution is 2.29. The minimum absolute atomic E-state index is 0.00550. The first kappa shape index (κ1) is 20.0. The standard InChI is InChI=1S/C15H20N4O6/c1-4-6-12(15(20)25-5-2)10(3)16-17-13-8-7-11(18(21)22)9-14(13)19(23)24/h7-9,12,17H,4-6H2,1-3H3/b16-10-/t12-/m1/s1. The molecule has 1 aromatic rings. The number of benzene rings is 1. The van der Waals surface area contributed by atoms with Gasteiger partial charge in [-0.15, -0.1) is 0 Å². The largest absolute Gasteiger partial charge is 0.465 e. The molecule has 136 valence electrons. The molecule has 0 unspecified atom stereocenters. The van der Waals surface area contributed by atoms with E-state index in [1.807, 2.05) is 6.92 Å². The van der Waals surface area contributed by atoms with E-state index in [-0.39, 0.29) is 12.3 Å². The lowest BCUT2D eigenvalue weighted by Gasteiger charge is -2.14. The predicted molar refractivity (Wildman–Crippen MR) is 91.5 cm³/mol. The molecule has 0 saturated carbocycles. The maximum absolute atomic E-state index is 12.0. The molecule has 25 heavy (non-hydrogen) atoms. The second kappa shape index (κ2) is 9.30. The van der Waals surface area contributed by atoms with Crippen LogP contribution >= 0.6 is 0 Å². The van der Waals surface area contributed by atoms with Crippen LogP contribution in [0.1, 0.15) is 33.6 Å². The van der Waals surface area contributed by atoms with Gasteiger partial charge in [0, 0.05) is 11.8 Å². The van der Waals surface area contributed by atoms with E-state index in [2.05, 4.69) is 10.5 Å². The molecule has 0 saturated heterocycles. The first-order chi connectivity index (χ1) is 11.8. The Morgan fingerprint density at radius 2 is 1.96 bits per heavy atom. The molecule has 1 aromatic carbocycles. The summed E-state index contributed by atoms with van der Waals surface area (Å²) in [6.45, 7) is 5.47. The highest BCUT2D eigenvalue weighted by molar-refractivity contribution is 6.01. The van der Waals surface area contributed by atoms with Crippen molar-refractivity contribution in [2.45, 2.75) is 33.6 Å². The molecule has 0 bridgehead atoms. The number of nitro groups is 2. The Kier molecular flexibility index (Phi) is 7.44. The van der Waals surface area contributed by atoms with Crippen LogP contribution in [-0.2, 0) is 9.53 Å². The maximum Gasteiger partial charge on any atom is 0.314 e. The Morgan fingerprint density at radius 1 is 1.28 bits per heavy atom. The second-order valence-electron chi connectivity index (χ2n) is 5.17. The molecule has 10 nitrogen and oxygen atoms in total. The van der Waals surface area contributed by atoms with Gasteiger partial charge in [-0.25, -0.2) is 0 Å². The molecule has 1 N–H and O–H groups in total. The first-order valence-corrected chi connectivity index (χ1v) is 7.71. The number of rotatable bonds is 9. The van der Waals surface area contributed by atoms with Crippen LogP contribution in [0.15, 0.2) is 23.3 Å². The number of nitro benzene ring substituents is 2. The number of hydrogen-bond donors (Lipinski definition) is 1. The van der Waals surface area contributed by atoms with Gasteiger partial charge in [0.05, 0.1) is 28.4 Å². The monoisotopic (exact) mass is 352 g/mol. The van der Waals surface area contributed by atoms with E-state index >= 15 is 0 Å². The Labute approximate surface area is 144 Å². The quantitative estimate of drug-likeness (QED) is 0.311. The third-order valence-corrected chi connectivity index (χ3v) is 3.39. The molecule has 0 aliphatic carbocycles. The topological polar surface area (TPSA) is 137 Å². The molecule has 0 spiro atoms. The van der Waals surface area contributed by atoms with Gasteiger partial charge in [0.1, 0.15) is 5.69 Å². The second-order valence-corrected chi connectivity index (χ2v) is 5.17. The zero-order chi connectivity index (χ0) is 19.0. The number of nitrogens with one attached hydrogen (secondary N) is 1. The van der Waals surface area contributed by atoms with Gasteiger partial charge in [-0.2, -0.15) is 5.10 Å². The third kappa shape index (κ3) is 5.52. The molecule has 0 fully saturated rings. The summed E-state index contributed by atoms with van der Waals surface area (Å²) in [5, 5.41) is 25.9. The highest BCUT2D eigenvalue weighted by Gasteiger charge is 2.23. The number of carbonyl (C=O) groups is 1. The van der Waals surface area contributed by atoms with Crippen LogP contribution in [0, 0.1) is 26.1 Å². The number of ether oxygens (including phenoxy) is 1. The predicted octanol–water partition coefficient (Wildman–Crippen LogP) is 3.27. The number of anilines is 1. The fraction of sp³-hybridized carbons (Fsp3) is 0.467. The zero-order valence-corrected chi connectivity index (χ0v) is 14.2. The Balaban J connectivity index is 3.07. The van der Waals surface area contributed by atoms with Crippen LogP contribution in [-0.4, -0.2) is 28.1 Å². The van der Waals surface area contributed by atoms with Crippen molar-refractivity contribution < 1.29 is 19.4 Å². The fourth-order valence-electron chi connectivity index (χ4n) is 2.13. The summed E-state index contributed by atoms with van der Waals surface area (Å²) in [6, 6.07) is 3.18. The lowest BCUT2D eigenvalue weighted by atomic mass is 9.99. The Morgan fingerprint density at radius 3 is 2.48 bits per heavy atom. The summed E-state index contributed by atoms with van der Waals surface area (Å²) in [6.07, 6.45) is 1.26. The van der Waals surface area contributed by atoms with Gasteiger partial charge in [0.25, 0.3) is 5.69 Å². The van der Waals surface area contributed by atoms with Gasteiger partial charge in [0.2, 0.25) is 0 Å². The van der Waals surface area contributed by atoms with E-state index in [1.165, 1.54) is 6.07 Å². The first-order valence-electron chi connectivity index (χ1n) is 7.71. The summed E-state index contributed by atoms with van der Waals surface area (Å²) >= 11 is 0. The molecule has 1 atom stereocenters. The fourth-order valence-corrected chi connectivity index (χ4v) is 2.13. The molecule has 1 rings (SSSR count). The normalized spacial score (nSPS) is 12.4. The van der Waals surface area contributed by atoms with Crippen molar-refractivity contribution >= 4 is 28.7 Å². The summed E-state index contributed by atoms with van der Waals surface area (Å²) in [5.74, 6) is -0.972. The molecule has 0 heterocycles. The van der Waals surface area contributed by atoms with Gasteiger partial charge in [0.15, 0.2) is 0 Å². The number of esters is 1. The van der Waals surface area contributed by atoms with Gasteiger partial charge in [-0.1, -0.05) is 13.3 Å². The van der Waals surface area contributed by atoms with E-state index in [4.69, 9.17) is 4.74 Å². The third-order valence-electron chi connectivity index (χ3n) is 3.39. The van der Waals surface area contributed by atoms with Crippen molar-refractivity contribution in [3.63, 3.8) is 0 Å². The van der Waals surface area contributed by atoms with Crippen LogP contribution in [0.5, 0.6) is 0 Å². The average molecular weight is 352 g/mol. The van der Waals surface area contributed by atoms with Crippen molar-refractivity contribution in [3.8, 4) is 0 Å². The lowest BCUT2D eigenvalue weighted by molar-refractivity contribution is -0.393. The molecule has 0 aromatic heterocycles. The molecular formula is C15H20N4O6. The number of carbonyl (C=O) groups excluding carboxylic acids is 1. The van der Waals surface area contributed by atoms with Crippen LogP contribution in [0.3, 0.4) is 0 Å². The molecule has 0 aliphatic rings. The van der Waals surface area contributed by atoms with E-state index in [0.717, 1.165) is 18.6 Å². The maximum atomic E-state index is 12.0. The average Bonchev–Trinajstić information content (AvgIpc) is 2.57. The van der Waals surface area contributed by atoms with Crippen molar-refractivity contribution in [1.82, 2.24) is 0 Å². The zero-order valence-electron chi connectivity index (χ0n) is 14.2. The minimum Gasteiger partial charge on any atom is -0.465 e. The van der Waals surface area contributed by atoms with Crippen LogP contribution < -0.4 is 5.43 Å². The van der Waals surface area contributed by atoms with Crippen molar-refractivity contribution in [2.75, 3.05) is 12.0 Å². The van der Waals surface area contributed by atoms with Crippen molar-refractivity contribution in [3.05, 3.63) is 38.4 Å². The highest BCUT2D eigenvalue weighted by atomic mass is 16.6. The summed E-state index contributed by atoms with van der Waals surface area (Å²) in [7, 11) is 0. The molecular weight excluding hydrogens is 332 g/mol. The van der Waals surface area contributed by atoms with Gasteiger partial charge in [-0.3, -0.25) is 30.4 Å². The number of hydrazone groups is 1. The molecule has 0 radical (unpaired) electrons. The smallest absolute Gasteiger partial charge is 0.314 e. The van der Waals surface area contributed by atoms with Crippen molar-refractivity contribution in [1.29, 1.82) is 0 Å². The van der Waals surface area contributed by atoms with Gasteiger partial charge >= 0.3 is 11.7 Å². The SMILES string of the molecule is CCC[C@@H](C(=O)OCC)/C(C)=N\Nc1ccc([N+](=O)[O-])cc1[N+](=O)[O-]. The van der Waals surface area contributed by atoms with Gasteiger partial charge in [-0.05, 0) is 26.3 Å². The Bertz CT molecular complexity index is 689. The molecule has 0 aliphatic heterocycles. The number of non-ortho nitro benzene ring substituents is 1. The lowest BCUT2D eigenvalue weighted by Crippen LogP contribution is -2.25. The summed E-state index contributed by atoms with van der Waals surface area (Å²) < 4.78 is 5.00. The Hall–Kier alpha value is -3.04. The summed E-state index contributed by atoms with van der Waals surface area (Å²) in [4.78, 5) is 32.3. The van der Waals surface area contributed by atoms with Crippen LogP contribution in [0.25, 0.3) is 0 Å². The van der Waals surface area contributed by atoms with E-state index in [1.54, 1.807) is 13.8 Å². The van der Waals surface area contributed by atoms with Crippen LogP contribution in [0.2, 0.25) is 0 Å². The van der Waals surface area contributed by atoms with E-state index in [0.29, 0.717) is 12.1 Å². The summed E-state index contributed by atoms with van der Waals surface area (Å²) in [5.41, 5.74) is 2.04. The molecule has 10 heteroatoms. The number of hydrogen-bond acceptors (Lipinski definition) is 8. The van der Waals surface area contributed by atoms with E-state index < -0.39 is 33.1 Å². The van der Waals surface area contributed by atoms with Gasteiger partial charge < -0.3 is 4.74 Å². The van der Waals surface area contributed by atoms with Crippen LogP contribution in [0.4, 0.5) is 17.1 Å². The van der Waals surface area contributed by atoms with E-state index in [9.17, 15) is 25.0 Å². The minimum atomic E-state index is -0.741. The molecule has 0 amide bonds.